The maximum Gasteiger partial charge on any atom is 0.105 e. The van der Waals surface area contributed by atoms with Gasteiger partial charge in [-0.05, 0) is 12.1 Å². The van der Waals surface area contributed by atoms with Gasteiger partial charge in [0.1, 0.15) is 5.76 Å². The van der Waals surface area contributed by atoms with Gasteiger partial charge in [-0.25, -0.2) is 4.98 Å². The second kappa shape index (κ2) is 4.11. The minimum Gasteiger partial charge on any atom is -0.469 e. The number of aryl methyl sites for hydroxylation is 2. The molecule has 2 heterocycles. The monoisotopic (exact) mass is 191 g/mol. The van der Waals surface area contributed by atoms with Crippen LogP contribution in [0.3, 0.4) is 0 Å². The van der Waals surface area contributed by atoms with E-state index in [0.717, 1.165) is 24.4 Å². The van der Waals surface area contributed by atoms with Gasteiger partial charge in [-0.15, -0.1) is 0 Å². The Morgan fingerprint density at radius 1 is 1.50 bits per heavy atom. The molecule has 0 aromatic carbocycles. The van der Waals surface area contributed by atoms with Gasteiger partial charge in [0.15, 0.2) is 0 Å². The third kappa shape index (κ3) is 1.85. The predicted octanol–water partition coefficient (Wildman–Crippen LogP) is 1.18. The molecule has 0 amide bonds. The van der Waals surface area contributed by atoms with Crippen molar-refractivity contribution in [3.05, 3.63) is 42.4 Å². The summed E-state index contributed by atoms with van der Waals surface area (Å²) in [7, 11) is 0. The molecule has 0 aliphatic carbocycles. The number of furan rings is 1. The van der Waals surface area contributed by atoms with Crippen LogP contribution < -0.4 is 5.73 Å². The predicted molar refractivity (Wildman–Crippen MR) is 52.5 cm³/mol. The molecule has 4 heteroatoms. The average Bonchev–Trinajstić information content (AvgIpc) is 2.85. The molecule has 0 saturated heterocycles. The molecule has 2 aromatic rings. The van der Waals surface area contributed by atoms with Crippen LogP contribution in [0.15, 0.2) is 35.3 Å². The maximum atomic E-state index is 5.56. The first-order valence-corrected chi connectivity index (χ1v) is 4.61. The van der Waals surface area contributed by atoms with Crippen LogP contribution in [-0.4, -0.2) is 9.55 Å². The van der Waals surface area contributed by atoms with Crippen LogP contribution in [0.2, 0.25) is 0 Å². The Morgan fingerprint density at radius 2 is 2.43 bits per heavy atom. The molecule has 0 aliphatic heterocycles. The molecule has 0 bridgehead atoms. The van der Waals surface area contributed by atoms with E-state index in [1.165, 1.54) is 0 Å². The van der Waals surface area contributed by atoms with Gasteiger partial charge in [0.25, 0.3) is 0 Å². The molecule has 4 nitrogen and oxygen atoms in total. The third-order valence-corrected chi connectivity index (χ3v) is 2.19. The van der Waals surface area contributed by atoms with Crippen LogP contribution in [-0.2, 0) is 19.5 Å². The Morgan fingerprint density at radius 3 is 3.14 bits per heavy atom. The van der Waals surface area contributed by atoms with Crippen molar-refractivity contribution in [3.63, 3.8) is 0 Å². The lowest BCUT2D eigenvalue weighted by atomic mass is 10.3. The highest BCUT2D eigenvalue weighted by atomic mass is 16.3. The molecule has 2 N–H and O–H groups in total. The van der Waals surface area contributed by atoms with Gasteiger partial charge in [0.2, 0.25) is 0 Å². The van der Waals surface area contributed by atoms with Crippen LogP contribution in [0.4, 0.5) is 0 Å². The summed E-state index contributed by atoms with van der Waals surface area (Å²) in [6.07, 6.45) is 6.15. The quantitative estimate of drug-likeness (QED) is 0.789. The molecular formula is C10H13N3O. The largest absolute Gasteiger partial charge is 0.469 e. The van der Waals surface area contributed by atoms with E-state index in [9.17, 15) is 0 Å². The first kappa shape index (κ1) is 9.02. The van der Waals surface area contributed by atoms with E-state index in [4.69, 9.17) is 10.2 Å². The lowest BCUT2D eigenvalue weighted by Gasteiger charge is -2.04. The first-order chi connectivity index (χ1) is 6.90. The standard InChI is InChI=1S/C10H13N3O/c11-6-9-7-12-8-13(9)4-3-10-2-1-5-14-10/h1-2,5,7-8H,3-4,6,11H2. The van der Waals surface area contributed by atoms with Gasteiger partial charge >= 0.3 is 0 Å². The fraction of sp³-hybridized carbons (Fsp3) is 0.300. The summed E-state index contributed by atoms with van der Waals surface area (Å²) in [4.78, 5) is 4.05. The molecule has 0 radical (unpaired) electrons. The zero-order valence-electron chi connectivity index (χ0n) is 7.89. The maximum absolute atomic E-state index is 5.56. The van der Waals surface area contributed by atoms with Crippen molar-refractivity contribution >= 4 is 0 Å². The van der Waals surface area contributed by atoms with E-state index in [1.807, 2.05) is 16.7 Å². The van der Waals surface area contributed by atoms with Gasteiger partial charge in [-0.3, -0.25) is 0 Å². The van der Waals surface area contributed by atoms with E-state index < -0.39 is 0 Å². The normalized spacial score (nSPS) is 10.6. The number of hydrogen-bond donors (Lipinski definition) is 1. The van der Waals surface area contributed by atoms with E-state index >= 15 is 0 Å². The smallest absolute Gasteiger partial charge is 0.105 e. The Bertz CT molecular complexity index is 378. The number of rotatable bonds is 4. The fourth-order valence-electron chi connectivity index (χ4n) is 1.40. The molecule has 74 valence electrons. The van der Waals surface area contributed by atoms with Crippen LogP contribution in [0.5, 0.6) is 0 Å². The van der Waals surface area contributed by atoms with E-state index in [1.54, 1.807) is 18.8 Å². The molecule has 0 spiro atoms. The second-order valence-corrected chi connectivity index (χ2v) is 3.11. The summed E-state index contributed by atoms with van der Waals surface area (Å²) in [6, 6.07) is 3.87. The first-order valence-electron chi connectivity index (χ1n) is 4.61. The van der Waals surface area contributed by atoms with Gasteiger partial charge in [-0.1, -0.05) is 0 Å². The average molecular weight is 191 g/mol. The molecule has 0 saturated carbocycles. The number of aromatic nitrogens is 2. The molecule has 0 atom stereocenters. The molecule has 14 heavy (non-hydrogen) atoms. The van der Waals surface area contributed by atoms with Gasteiger partial charge in [0.05, 0.1) is 18.3 Å². The molecule has 0 aliphatic rings. The Kier molecular flexibility index (Phi) is 2.65. The van der Waals surface area contributed by atoms with Crippen molar-refractivity contribution in [2.24, 2.45) is 5.73 Å². The molecular weight excluding hydrogens is 178 g/mol. The highest BCUT2D eigenvalue weighted by molar-refractivity contribution is 5.01. The summed E-state index contributed by atoms with van der Waals surface area (Å²) in [5.41, 5.74) is 6.61. The topological polar surface area (TPSA) is 57.0 Å². The lowest BCUT2D eigenvalue weighted by Crippen LogP contribution is -2.07. The number of nitrogens with two attached hydrogens (primary N) is 1. The van der Waals surface area contributed by atoms with Gasteiger partial charge < -0.3 is 14.7 Å². The fourth-order valence-corrected chi connectivity index (χ4v) is 1.40. The number of hydrogen-bond acceptors (Lipinski definition) is 3. The minimum atomic E-state index is 0.526. The van der Waals surface area contributed by atoms with Crippen molar-refractivity contribution in [2.75, 3.05) is 0 Å². The van der Waals surface area contributed by atoms with Gasteiger partial charge in [0, 0.05) is 25.7 Å². The number of nitrogens with zero attached hydrogens (tertiary/aromatic N) is 2. The highest BCUT2D eigenvalue weighted by Gasteiger charge is 2.01. The summed E-state index contributed by atoms with van der Waals surface area (Å²) < 4.78 is 7.28. The summed E-state index contributed by atoms with van der Waals surface area (Å²) >= 11 is 0. The SMILES string of the molecule is NCc1cncn1CCc1ccco1. The summed E-state index contributed by atoms with van der Waals surface area (Å²) in [5.74, 6) is 0.988. The highest BCUT2D eigenvalue weighted by Crippen LogP contribution is 2.04. The van der Waals surface area contributed by atoms with Crippen molar-refractivity contribution in [2.45, 2.75) is 19.5 Å². The third-order valence-electron chi connectivity index (χ3n) is 2.19. The van der Waals surface area contributed by atoms with Crippen LogP contribution >= 0.6 is 0 Å². The van der Waals surface area contributed by atoms with E-state index in [2.05, 4.69) is 4.98 Å². The molecule has 2 aromatic heterocycles. The van der Waals surface area contributed by atoms with Crippen molar-refractivity contribution in [3.8, 4) is 0 Å². The lowest BCUT2D eigenvalue weighted by molar-refractivity contribution is 0.488. The van der Waals surface area contributed by atoms with Crippen molar-refractivity contribution in [1.29, 1.82) is 0 Å². The molecule has 2 rings (SSSR count). The Balaban J connectivity index is 1.98. The zero-order chi connectivity index (χ0) is 9.80. The van der Waals surface area contributed by atoms with Crippen LogP contribution in [0, 0.1) is 0 Å². The van der Waals surface area contributed by atoms with E-state index in [-0.39, 0.29) is 0 Å². The Labute approximate surface area is 82.4 Å². The van der Waals surface area contributed by atoms with Crippen LogP contribution in [0.1, 0.15) is 11.5 Å². The molecule has 0 unspecified atom stereocenters. The second-order valence-electron chi connectivity index (χ2n) is 3.11. The summed E-state index contributed by atoms with van der Waals surface area (Å²) in [5, 5.41) is 0. The Hall–Kier alpha value is -1.55. The summed E-state index contributed by atoms with van der Waals surface area (Å²) in [6.45, 7) is 1.39. The van der Waals surface area contributed by atoms with Gasteiger partial charge in [-0.2, -0.15) is 0 Å². The van der Waals surface area contributed by atoms with Crippen molar-refractivity contribution in [1.82, 2.24) is 9.55 Å². The van der Waals surface area contributed by atoms with E-state index in [0.29, 0.717) is 6.54 Å². The van der Waals surface area contributed by atoms with Crippen LogP contribution in [0.25, 0.3) is 0 Å². The van der Waals surface area contributed by atoms with Crippen molar-refractivity contribution < 1.29 is 4.42 Å². The zero-order valence-corrected chi connectivity index (χ0v) is 7.89. The molecule has 0 fully saturated rings. The minimum absolute atomic E-state index is 0.526. The number of imidazole rings is 1.